The van der Waals surface area contributed by atoms with Gasteiger partial charge in [-0.2, -0.15) is 0 Å². The monoisotopic (exact) mass is 225 g/mol. The molecule has 0 aliphatic heterocycles. The third kappa shape index (κ3) is 3.92. The lowest BCUT2D eigenvalue weighted by atomic mass is 9.91. The van der Waals surface area contributed by atoms with Gasteiger partial charge in [0.2, 0.25) is 0 Å². The molecule has 0 radical (unpaired) electrons. The van der Waals surface area contributed by atoms with Gasteiger partial charge in [0.1, 0.15) is 0 Å². The Morgan fingerprint density at radius 2 is 1.80 bits per heavy atom. The summed E-state index contributed by atoms with van der Waals surface area (Å²) in [6.07, 6.45) is 0. The van der Waals surface area contributed by atoms with Crippen molar-refractivity contribution in [3.05, 3.63) is 29.3 Å². The number of rotatable bonds is 3. The van der Waals surface area contributed by atoms with Crippen molar-refractivity contribution < 1.29 is 4.79 Å². The lowest BCUT2D eigenvalue weighted by Crippen LogP contribution is -2.27. The summed E-state index contributed by atoms with van der Waals surface area (Å²) in [5, 5.41) is 3.77. The van der Waals surface area contributed by atoms with Gasteiger partial charge in [-0.05, 0) is 24.3 Å². The minimum atomic E-state index is -0.292. The molecule has 1 N–H and O–H groups in total. The Kier molecular flexibility index (Phi) is 3.75. The summed E-state index contributed by atoms with van der Waals surface area (Å²) in [6.45, 7) is 6.10. The number of carbonyl (C=O) groups excluding carboxylic acids is 1. The lowest BCUT2D eigenvalue weighted by Gasteiger charge is -2.17. The van der Waals surface area contributed by atoms with Crippen LogP contribution in [-0.4, -0.2) is 12.3 Å². The number of hydrogen-bond acceptors (Lipinski definition) is 2. The highest BCUT2D eigenvalue weighted by molar-refractivity contribution is 6.30. The predicted octanol–water partition coefficient (Wildman–Crippen LogP) is 3.37. The molecular formula is C12H16ClNO. The molecule has 0 unspecified atom stereocenters. The van der Waals surface area contributed by atoms with Crippen LogP contribution in [0.25, 0.3) is 0 Å². The Morgan fingerprint density at radius 3 is 2.27 bits per heavy atom. The summed E-state index contributed by atoms with van der Waals surface area (Å²) in [5.41, 5.74) is 0.622. The highest BCUT2D eigenvalue weighted by Crippen LogP contribution is 2.16. The van der Waals surface area contributed by atoms with E-state index in [-0.39, 0.29) is 11.2 Å². The largest absolute Gasteiger partial charge is 0.378 e. The van der Waals surface area contributed by atoms with E-state index in [9.17, 15) is 4.79 Å². The molecule has 0 atom stereocenters. The van der Waals surface area contributed by atoms with E-state index in [2.05, 4.69) is 5.32 Å². The molecule has 0 aromatic heterocycles. The van der Waals surface area contributed by atoms with Crippen molar-refractivity contribution in [2.24, 2.45) is 5.41 Å². The van der Waals surface area contributed by atoms with Gasteiger partial charge in [-0.15, -0.1) is 0 Å². The number of benzene rings is 1. The summed E-state index contributed by atoms with van der Waals surface area (Å²) in [7, 11) is 0. The van der Waals surface area contributed by atoms with Gasteiger partial charge in [-0.3, -0.25) is 4.79 Å². The van der Waals surface area contributed by atoms with E-state index in [1.165, 1.54) is 0 Å². The summed E-state index contributed by atoms with van der Waals surface area (Å²) in [4.78, 5) is 11.6. The Hall–Kier alpha value is -1.02. The number of nitrogens with one attached hydrogen (secondary N) is 1. The first-order valence-electron chi connectivity index (χ1n) is 4.92. The van der Waals surface area contributed by atoms with Crippen molar-refractivity contribution in [2.45, 2.75) is 20.8 Å². The maximum Gasteiger partial charge on any atom is 0.157 e. The highest BCUT2D eigenvalue weighted by atomic mass is 35.5. The summed E-state index contributed by atoms with van der Waals surface area (Å²) < 4.78 is 0. The molecule has 0 bridgehead atoms. The van der Waals surface area contributed by atoms with Crippen molar-refractivity contribution in [1.29, 1.82) is 0 Å². The lowest BCUT2D eigenvalue weighted by molar-refractivity contribution is -0.124. The maximum absolute atomic E-state index is 11.6. The van der Waals surface area contributed by atoms with Crippen LogP contribution in [0.5, 0.6) is 0 Å². The molecule has 3 heteroatoms. The van der Waals surface area contributed by atoms with Gasteiger partial charge in [0, 0.05) is 16.1 Å². The predicted molar refractivity (Wildman–Crippen MR) is 64.4 cm³/mol. The fourth-order valence-electron chi connectivity index (χ4n) is 1.02. The van der Waals surface area contributed by atoms with Crippen molar-refractivity contribution in [1.82, 2.24) is 0 Å². The van der Waals surface area contributed by atoms with Crippen LogP contribution >= 0.6 is 11.6 Å². The fourth-order valence-corrected chi connectivity index (χ4v) is 1.14. The minimum absolute atomic E-state index is 0.192. The molecule has 0 aliphatic carbocycles. The zero-order valence-electron chi connectivity index (χ0n) is 9.30. The van der Waals surface area contributed by atoms with E-state index in [4.69, 9.17) is 11.6 Å². The maximum atomic E-state index is 11.6. The molecule has 2 nitrogen and oxygen atoms in total. The first-order valence-corrected chi connectivity index (χ1v) is 5.30. The van der Waals surface area contributed by atoms with Gasteiger partial charge in [0.15, 0.2) is 5.78 Å². The number of carbonyl (C=O) groups is 1. The normalized spacial score (nSPS) is 11.2. The zero-order chi connectivity index (χ0) is 11.5. The van der Waals surface area contributed by atoms with Gasteiger partial charge in [-0.25, -0.2) is 0 Å². The van der Waals surface area contributed by atoms with E-state index in [0.717, 1.165) is 5.69 Å². The van der Waals surface area contributed by atoms with E-state index >= 15 is 0 Å². The average Bonchev–Trinajstić information content (AvgIpc) is 2.15. The van der Waals surface area contributed by atoms with Gasteiger partial charge >= 0.3 is 0 Å². The molecule has 0 saturated carbocycles. The summed E-state index contributed by atoms with van der Waals surface area (Å²) >= 11 is 5.75. The molecular weight excluding hydrogens is 210 g/mol. The fraction of sp³-hybridized carbons (Fsp3) is 0.417. The average molecular weight is 226 g/mol. The molecule has 82 valence electrons. The van der Waals surface area contributed by atoms with Gasteiger partial charge < -0.3 is 5.32 Å². The third-order valence-electron chi connectivity index (χ3n) is 2.13. The number of ketones is 1. The molecule has 0 heterocycles. The van der Waals surface area contributed by atoms with Crippen molar-refractivity contribution in [3.63, 3.8) is 0 Å². The SMILES string of the molecule is CC(C)(C)C(=O)CNc1ccc(Cl)cc1. The molecule has 0 amide bonds. The van der Waals surface area contributed by atoms with E-state index in [1.807, 2.05) is 32.9 Å². The Balaban J connectivity index is 2.51. The smallest absolute Gasteiger partial charge is 0.157 e. The standard InChI is InChI=1S/C12H16ClNO/c1-12(2,3)11(15)8-14-10-6-4-9(13)5-7-10/h4-7,14H,8H2,1-3H3. The van der Waals surface area contributed by atoms with Crippen LogP contribution in [0.1, 0.15) is 20.8 Å². The van der Waals surface area contributed by atoms with Gasteiger partial charge in [0.05, 0.1) is 6.54 Å². The third-order valence-corrected chi connectivity index (χ3v) is 2.39. The molecule has 0 saturated heterocycles. The number of Topliss-reactive ketones (excluding diaryl/α,β-unsaturated/α-hetero) is 1. The number of halogens is 1. The first kappa shape index (κ1) is 12.1. The van der Waals surface area contributed by atoms with Crippen LogP contribution in [0.2, 0.25) is 5.02 Å². The van der Waals surface area contributed by atoms with Crippen LogP contribution in [0.15, 0.2) is 24.3 Å². The summed E-state index contributed by atoms with van der Waals surface area (Å²) in [5.74, 6) is 0.192. The van der Waals surface area contributed by atoms with Crippen molar-refractivity contribution >= 4 is 23.1 Å². The van der Waals surface area contributed by atoms with Crippen LogP contribution in [0.3, 0.4) is 0 Å². The van der Waals surface area contributed by atoms with Crippen LogP contribution in [0.4, 0.5) is 5.69 Å². The molecule has 0 fully saturated rings. The second kappa shape index (κ2) is 4.67. The number of anilines is 1. The van der Waals surface area contributed by atoms with Gasteiger partial charge in [0.25, 0.3) is 0 Å². The van der Waals surface area contributed by atoms with Crippen molar-refractivity contribution in [3.8, 4) is 0 Å². The van der Waals surface area contributed by atoms with Crippen molar-refractivity contribution in [2.75, 3.05) is 11.9 Å². The highest BCUT2D eigenvalue weighted by Gasteiger charge is 2.20. The Labute approximate surface area is 95.6 Å². The van der Waals surface area contributed by atoms with Gasteiger partial charge in [-0.1, -0.05) is 32.4 Å². The molecule has 15 heavy (non-hydrogen) atoms. The zero-order valence-corrected chi connectivity index (χ0v) is 10.1. The van der Waals surface area contributed by atoms with E-state index in [0.29, 0.717) is 11.6 Å². The van der Waals surface area contributed by atoms with Crippen LogP contribution in [-0.2, 0) is 4.79 Å². The molecule has 0 spiro atoms. The van der Waals surface area contributed by atoms with E-state index in [1.54, 1.807) is 12.1 Å². The second-order valence-corrected chi connectivity index (χ2v) is 4.97. The van der Waals surface area contributed by atoms with E-state index < -0.39 is 0 Å². The molecule has 1 aromatic carbocycles. The second-order valence-electron chi connectivity index (χ2n) is 4.53. The Morgan fingerprint density at radius 1 is 1.27 bits per heavy atom. The van der Waals surface area contributed by atoms with Crippen LogP contribution in [0, 0.1) is 5.41 Å². The minimum Gasteiger partial charge on any atom is -0.378 e. The molecule has 1 aromatic rings. The molecule has 1 rings (SSSR count). The number of hydrogen-bond donors (Lipinski definition) is 1. The Bertz CT molecular complexity index is 338. The van der Waals surface area contributed by atoms with Crippen LogP contribution < -0.4 is 5.32 Å². The molecule has 0 aliphatic rings. The summed E-state index contributed by atoms with van der Waals surface area (Å²) in [6, 6.07) is 7.31. The topological polar surface area (TPSA) is 29.1 Å². The first-order chi connectivity index (χ1) is 6.89. The quantitative estimate of drug-likeness (QED) is 0.855.